The van der Waals surface area contributed by atoms with Crippen LogP contribution in [0, 0.1) is 6.92 Å². The molecule has 0 aliphatic heterocycles. The predicted octanol–water partition coefficient (Wildman–Crippen LogP) is 2.79. The zero-order valence-electron chi connectivity index (χ0n) is 14.4. The minimum Gasteiger partial charge on any atom is -0.497 e. The summed E-state index contributed by atoms with van der Waals surface area (Å²) in [7, 11) is 3.12. The number of nitrogens with one attached hydrogen (secondary N) is 2. The maximum Gasteiger partial charge on any atom is 0.275 e. The van der Waals surface area contributed by atoms with E-state index in [4.69, 9.17) is 14.0 Å². The van der Waals surface area contributed by atoms with E-state index in [1.807, 2.05) is 0 Å². The van der Waals surface area contributed by atoms with Crippen molar-refractivity contribution in [2.75, 3.05) is 24.9 Å². The third kappa shape index (κ3) is 3.89. The van der Waals surface area contributed by atoms with E-state index in [2.05, 4.69) is 25.8 Å². The Morgan fingerprint density at radius 3 is 2.69 bits per heavy atom. The molecule has 9 nitrogen and oxygen atoms in total. The number of methoxy groups -OCH3 is 2. The van der Waals surface area contributed by atoms with Gasteiger partial charge in [-0.15, -0.1) is 0 Å². The number of ether oxygens (including phenoxy) is 2. The van der Waals surface area contributed by atoms with Gasteiger partial charge in [0.05, 0.1) is 19.9 Å². The Labute approximate surface area is 149 Å². The van der Waals surface area contributed by atoms with E-state index in [-0.39, 0.29) is 11.6 Å². The van der Waals surface area contributed by atoms with Crippen molar-refractivity contribution in [2.24, 2.45) is 0 Å². The van der Waals surface area contributed by atoms with Crippen LogP contribution in [0.4, 0.5) is 17.5 Å². The minimum atomic E-state index is -0.426. The van der Waals surface area contributed by atoms with Gasteiger partial charge < -0.3 is 24.6 Å². The molecule has 1 amide bonds. The highest BCUT2D eigenvalue weighted by atomic mass is 16.5. The molecule has 0 saturated heterocycles. The molecule has 0 radical (unpaired) electrons. The summed E-state index contributed by atoms with van der Waals surface area (Å²) in [5.74, 6) is 1.95. The van der Waals surface area contributed by atoms with Gasteiger partial charge in [0.2, 0.25) is 5.95 Å². The molecule has 2 aromatic heterocycles. The number of carbonyl (C=O) groups excluding carboxylic acids is 1. The summed E-state index contributed by atoms with van der Waals surface area (Å²) in [6.45, 7) is 1.73. The van der Waals surface area contributed by atoms with Crippen molar-refractivity contribution in [1.29, 1.82) is 0 Å². The average molecular weight is 355 g/mol. The van der Waals surface area contributed by atoms with E-state index in [1.165, 1.54) is 12.3 Å². The SMILES string of the molecule is COc1ccc(Nc2nccc(C(=O)Nc3cc(C)on3)n2)c(OC)c1. The lowest BCUT2D eigenvalue weighted by atomic mass is 10.2. The summed E-state index contributed by atoms with van der Waals surface area (Å²) in [5, 5.41) is 9.34. The summed E-state index contributed by atoms with van der Waals surface area (Å²) in [6, 6.07) is 8.38. The second kappa shape index (κ2) is 7.51. The number of aryl methyl sites for hydroxylation is 1. The lowest BCUT2D eigenvalue weighted by Crippen LogP contribution is -2.15. The first-order valence-electron chi connectivity index (χ1n) is 7.66. The van der Waals surface area contributed by atoms with E-state index in [0.717, 1.165) is 0 Å². The van der Waals surface area contributed by atoms with Crippen LogP contribution in [-0.4, -0.2) is 35.3 Å². The van der Waals surface area contributed by atoms with Crippen LogP contribution in [-0.2, 0) is 0 Å². The summed E-state index contributed by atoms with van der Waals surface area (Å²) in [4.78, 5) is 20.6. The van der Waals surface area contributed by atoms with E-state index in [9.17, 15) is 4.79 Å². The fourth-order valence-corrected chi connectivity index (χ4v) is 2.17. The Balaban J connectivity index is 1.78. The van der Waals surface area contributed by atoms with Crippen LogP contribution >= 0.6 is 0 Å². The highest BCUT2D eigenvalue weighted by Gasteiger charge is 2.13. The zero-order chi connectivity index (χ0) is 18.5. The van der Waals surface area contributed by atoms with E-state index in [1.54, 1.807) is 45.4 Å². The van der Waals surface area contributed by atoms with Crippen LogP contribution in [0.25, 0.3) is 0 Å². The summed E-state index contributed by atoms with van der Waals surface area (Å²) in [5.41, 5.74) is 0.814. The first kappa shape index (κ1) is 17.2. The maximum atomic E-state index is 12.3. The molecule has 0 bridgehead atoms. The molecule has 3 aromatic rings. The van der Waals surface area contributed by atoms with Gasteiger partial charge in [-0.1, -0.05) is 5.16 Å². The van der Waals surface area contributed by atoms with Gasteiger partial charge in [0, 0.05) is 18.3 Å². The number of rotatable bonds is 6. The minimum absolute atomic E-state index is 0.177. The molecular formula is C17H17N5O4. The zero-order valence-corrected chi connectivity index (χ0v) is 14.4. The quantitative estimate of drug-likeness (QED) is 0.694. The Kier molecular flexibility index (Phi) is 4.97. The van der Waals surface area contributed by atoms with E-state index >= 15 is 0 Å². The molecule has 0 spiro atoms. The maximum absolute atomic E-state index is 12.3. The number of hydrogen-bond acceptors (Lipinski definition) is 8. The molecule has 0 atom stereocenters. The van der Waals surface area contributed by atoms with Gasteiger partial charge in [0.15, 0.2) is 5.82 Å². The second-order valence-electron chi connectivity index (χ2n) is 5.23. The number of carbonyl (C=O) groups is 1. The van der Waals surface area contributed by atoms with Crippen molar-refractivity contribution in [3.8, 4) is 11.5 Å². The van der Waals surface area contributed by atoms with Gasteiger partial charge in [-0.3, -0.25) is 4.79 Å². The normalized spacial score (nSPS) is 10.3. The average Bonchev–Trinajstić information content (AvgIpc) is 3.07. The van der Waals surface area contributed by atoms with E-state index in [0.29, 0.717) is 28.8 Å². The molecule has 26 heavy (non-hydrogen) atoms. The highest BCUT2D eigenvalue weighted by Crippen LogP contribution is 2.30. The molecular weight excluding hydrogens is 338 g/mol. The van der Waals surface area contributed by atoms with Crippen molar-refractivity contribution in [2.45, 2.75) is 6.92 Å². The second-order valence-corrected chi connectivity index (χ2v) is 5.23. The van der Waals surface area contributed by atoms with Crippen LogP contribution in [0.3, 0.4) is 0 Å². The van der Waals surface area contributed by atoms with Crippen LogP contribution in [0.5, 0.6) is 11.5 Å². The summed E-state index contributed by atoms with van der Waals surface area (Å²) in [6.07, 6.45) is 1.48. The monoisotopic (exact) mass is 355 g/mol. The standard InChI is InChI=1S/C17H17N5O4/c1-10-8-15(22-26-10)21-16(23)13-6-7-18-17(20-13)19-12-5-4-11(24-2)9-14(12)25-3/h4-9H,1-3H3,(H,18,19,20)(H,21,22,23). The summed E-state index contributed by atoms with van der Waals surface area (Å²) < 4.78 is 15.4. The lowest BCUT2D eigenvalue weighted by molar-refractivity contribution is 0.102. The fourth-order valence-electron chi connectivity index (χ4n) is 2.17. The Hall–Kier alpha value is -3.62. The molecule has 2 N–H and O–H groups in total. The molecule has 9 heteroatoms. The van der Waals surface area contributed by atoms with Crippen LogP contribution in [0.2, 0.25) is 0 Å². The molecule has 0 fully saturated rings. The van der Waals surface area contributed by atoms with Crippen LogP contribution in [0.1, 0.15) is 16.2 Å². The largest absolute Gasteiger partial charge is 0.497 e. The van der Waals surface area contributed by atoms with Gasteiger partial charge in [0.1, 0.15) is 23.0 Å². The molecule has 0 saturated carbocycles. The Morgan fingerprint density at radius 1 is 1.15 bits per heavy atom. The third-order valence-electron chi connectivity index (χ3n) is 3.41. The predicted molar refractivity (Wildman–Crippen MR) is 94.1 cm³/mol. The highest BCUT2D eigenvalue weighted by molar-refractivity contribution is 6.02. The first-order chi connectivity index (χ1) is 12.6. The molecule has 0 unspecified atom stereocenters. The number of aromatic nitrogens is 3. The number of amides is 1. The summed E-state index contributed by atoms with van der Waals surface area (Å²) >= 11 is 0. The van der Waals surface area contributed by atoms with E-state index < -0.39 is 5.91 Å². The molecule has 1 aromatic carbocycles. The topological polar surface area (TPSA) is 111 Å². The first-order valence-corrected chi connectivity index (χ1v) is 7.66. The Bertz CT molecular complexity index is 925. The van der Waals surface area contributed by atoms with Gasteiger partial charge in [-0.25, -0.2) is 9.97 Å². The van der Waals surface area contributed by atoms with Crippen molar-refractivity contribution >= 4 is 23.4 Å². The molecule has 0 aliphatic rings. The van der Waals surface area contributed by atoms with Crippen LogP contribution in [0.15, 0.2) is 41.1 Å². The number of benzene rings is 1. The molecule has 2 heterocycles. The Morgan fingerprint density at radius 2 is 2.00 bits per heavy atom. The lowest BCUT2D eigenvalue weighted by Gasteiger charge is -2.11. The number of hydrogen-bond donors (Lipinski definition) is 2. The van der Waals surface area contributed by atoms with Crippen molar-refractivity contribution < 1.29 is 18.8 Å². The third-order valence-corrected chi connectivity index (χ3v) is 3.41. The molecule has 3 rings (SSSR count). The van der Waals surface area contributed by atoms with Crippen LogP contribution < -0.4 is 20.1 Å². The van der Waals surface area contributed by atoms with Crippen molar-refractivity contribution in [3.63, 3.8) is 0 Å². The number of nitrogens with zero attached hydrogens (tertiary/aromatic N) is 3. The smallest absolute Gasteiger partial charge is 0.275 e. The van der Waals surface area contributed by atoms with Gasteiger partial charge in [-0.2, -0.15) is 0 Å². The molecule has 0 aliphatic carbocycles. The van der Waals surface area contributed by atoms with Crippen molar-refractivity contribution in [3.05, 3.63) is 48.0 Å². The van der Waals surface area contributed by atoms with Crippen molar-refractivity contribution in [1.82, 2.24) is 15.1 Å². The molecule has 134 valence electrons. The van der Waals surface area contributed by atoms with Gasteiger partial charge in [0.25, 0.3) is 5.91 Å². The fraction of sp³-hybridized carbons (Fsp3) is 0.176. The van der Waals surface area contributed by atoms with Gasteiger partial charge in [-0.05, 0) is 25.1 Å². The number of anilines is 3. The van der Waals surface area contributed by atoms with Gasteiger partial charge >= 0.3 is 0 Å².